The Morgan fingerprint density at radius 1 is 1.50 bits per heavy atom. The van der Waals surface area contributed by atoms with Crippen LogP contribution in [0.25, 0.3) is 0 Å². The van der Waals surface area contributed by atoms with E-state index in [-0.39, 0.29) is 24.4 Å². The maximum absolute atomic E-state index is 12.1. The van der Waals surface area contributed by atoms with Gasteiger partial charge in [0.05, 0.1) is 12.6 Å². The smallest absolute Gasteiger partial charge is 0.239 e. The number of nitrogens with zero attached hydrogens (tertiary/aromatic N) is 1. The third kappa shape index (κ3) is 3.75. The van der Waals surface area contributed by atoms with Crippen molar-refractivity contribution in [3.05, 3.63) is 23.7 Å². The summed E-state index contributed by atoms with van der Waals surface area (Å²) in [6, 6.07) is 3.84. The summed E-state index contributed by atoms with van der Waals surface area (Å²) in [6.07, 6.45) is 3.25. The van der Waals surface area contributed by atoms with Crippen LogP contribution in [0.3, 0.4) is 0 Å². The molecule has 0 saturated carbocycles. The van der Waals surface area contributed by atoms with Crippen molar-refractivity contribution in [3.63, 3.8) is 0 Å². The molecule has 4 nitrogen and oxygen atoms in total. The number of rotatable bonds is 3. The Morgan fingerprint density at radius 2 is 2.28 bits per heavy atom. The van der Waals surface area contributed by atoms with E-state index in [1.165, 1.54) is 6.42 Å². The number of carbonyl (C=O) groups is 1. The molecular weight excluding hydrogens is 252 g/mol. The first-order valence-corrected chi connectivity index (χ1v) is 6.20. The molecule has 1 aromatic rings. The van der Waals surface area contributed by atoms with Crippen LogP contribution < -0.4 is 5.32 Å². The lowest BCUT2D eigenvalue weighted by Gasteiger charge is -2.26. The fraction of sp³-hybridized carbons (Fsp3) is 0.615. The van der Waals surface area contributed by atoms with E-state index >= 15 is 0 Å². The van der Waals surface area contributed by atoms with Crippen LogP contribution in [-0.4, -0.2) is 30.4 Å². The molecule has 5 heteroatoms. The summed E-state index contributed by atoms with van der Waals surface area (Å²) in [4.78, 5) is 13.9. The summed E-state index contributed by atoms with van der Waals surface area (Å²) in [6.45, 7) is 3.41. The van der Waals surface area contributed by atoms with Gasteiger partial charge >= 0.3 is 0 Å². The van der Waals surface area contributed by atoms with Gasteiger partial charge in [-0.05, 0) is 38.4 Å². The van der Waals surface area contributed by atoms with E-state index in [1.54, 1.807) is 4.90 Å². The zero-order chi connectivity index (χ0) is 12.3. The number of furan rings is 1. The van der Waals surface area contributed by atoms with E-state index < -0.39 is 0 Å². The van der Waals surface area contributed by atoms with Crippen molar-refractivity contribution in [2.45, 2.75) is 38.8 Å². The van der Waals surface area contributed by atoms with Crippen LogP contribution in [0.4, 0.5) is 0 Å². The summed E-state index contributed by atoms with van der Waals surface area (Å²) < 4.78 is 5.48. The molecule has 1 aromatic heterocycles. The summed E-state index contributed by atoms with van der Waals surface area (Å²) in [7, 11) is 1.83. The average Bonchev–Trinajstić information content (AvgIpc) is 2.75. The predicted molar refractivity (Wildman–Crippen MR) is 72.8 cm³/mol. The van der Waals surface area contributed by atoms with Gasteiger partial charge in [0.25, 0.3) is 0 Å². The molecular formula is C13H21ClN2O2. The summed E-state index contributed by atoms with van der Waals surface area (Å²) >= 11 is 0. The van der Waals surface area contributed by atoms with Gasteiger partial charge in [0.1, 0.15) is 11.5 Å². The Balaban J connectivity index is 0.00000162. The highest BCUT2D eigenvalue weighted by Gasteiger charge is 2.23. The minimum atomic E-state index is -0.00944. The SMILES string of the molecule is Cc1ccc(CN(C)C(=O)[C@H]2CCCCN2)o1.Cl. The van der Waals surface area contributed by atoms with Gasteiger partial charge in [-0.15, -0.1) is 12.4 Å². The quantitative estimate of drug-likeness (QED) is 0.917. The summed E-state index contributed by atoms with van der Waals surface area (Å²) in [5.74, 6) is 1.89. The molecule has 18 heavy (non-hydrogen) atoms. The highest BCUT2D eigenvalue weighted by Crippen LogP contribution is 2.12. The van der Waals surface area contributed by atoms with Crippen molar-refractivity contribution >= 4 is 18.3 Å². The Morgan fingerprint density at radius 3 is 2.83 bits per heavy atom. The molecule has 1 aliphatic rings. The molecule has 2 rings (SSSR count). The molecule has 1 fully saturated rings. The van der Waals surface area contributed by atoms with Crippen LogP contribution in [0.1, 0.15) is 30.8 Å². The van der Waals surface area contributed by atoms with Crippen LogP contribution in [0.5, 0.6) is 0 Å². The van der Waals surface area contributed by atoms with Crippen molar-refractivity contribution in [1.29, 1.82) is 0 Å². The van der Waals surface area contributed by atoms with E-state index in [2.05, 4.69) is 5.32 Å². The lowest BCUT2D eigenvalue weighted by Crippen LogP contribution is -2.46. The molecule has 1 N–H and O–H groups in total. The third-order valence-corrected chi connectivity index (χ3v) is 3.17. The molecule has 1 atom stereocenters. The topological polar surface area (TPSA) is 45.5 Å². The molecule has 1 aliphatic heterocycles. The van der Waals surface area contributed by atoms with Crippen molar-refractivity contribution in [1.82, 2.24) is 10.2 Å². The van der Waals surface area contributed by atoms with Gasteiger partial charge in [-0.1, -0.05) is 6.42 Å². The van der Waals surface area contributed by atoms with Crippen molar-refractivity contribution in [3.8, 4) is 0 Å². The molecule has 0 aliphatic carbocycles. The van der Waals surface area contributed by atoms with Gasteiger partial charge in [-0.25, -0.2) is 0 Å². The number of carbonyl (C=O) groups excluding carboxylic acids is 1. The van der Waals surface area contributed by atoms with Crippen molar-refractivity contribution < 1.29 is 9.21 Å². The first-order valence-electron chi connectivity index (χ1n) is 6.20. The van der Waals surface area contributed by atoms with Gasteiger partial charge < -0.3 is 14.6 Å². The Bertz CT molecular complexity index is 386. The molecule has 102 valence electrons. The third-order valence-electron chi connectivity index (χ3n) is 3.17. The first kappa shape index (κ1) is 15.1. The average molecular weight is 273 g/mol. The molecule has 0 aromatic carbocycles. The number of aryl methyl sites for hydroxylation is 1. The Hall–Kier alpha value is -1.00. The zero-order valence-electron chi connectivity index (χ0n) is 10.9. The standard InChI is InChI=1S/C13H20N2O2.ClH/c1-10-6-7-11(17-10)9-15(2)13(16)12-5-3-4-8-14-12;/h6-7,12,14H,3-5,8-9H2,1-2H3;1H/t12-;/m1./s1. The molecule has 0 spiro atoms. The largest absolute Gasteiger partial charge is 0.464 e. The highest BCUT2D eigenvalue weighted by atomic mass is 35.5. The van der Waals surface area contributed by atoms with Gasteiger partial charge in [-0.2, -0.15) is 0 Å². The molecule has 1 saturated heterocycles. The lowest BCUT2D eigenvalue weighted by molar-refractivity contribution is -0.133. The number of piperidine rings is 1. The fourth-order valence-corrected chi connectivity index (χ4v) is 2.21. The molecule has 2 heterocycles. The lowest BCUT2D eigenvalue weighted by atomic mass is 10.0. The molecule has 1 amide bonds. The van der Waals surface area contributed by atoms with E-state index in [0.29, 0.717) is 6.54 Å². The zero-order valence-corrected chi connectivity index (χ0v) is 11.8. The number of halogens is 1. The monoisotopic (exact) mass is 272 g/mol. The van der Waals surface area contributed by atoms with E-state index in [1.807, 2.05) is 26.1 Å². The number of amides is 1. The van der Waals surface area contributed by atoms with E-state index in [4.69, 9.17) is 4.42 Å². The van der Waals surface area contributed by atoms with Gasteiger partial charge in [0.15, 0.2) is 0 Å². The summed E-state index contributed by atoms with van der Waals surface area (Å²) in [5.41, 5.74) is 0. The number of nitrogens with one attached hydrogen (secondary N) is 1. The number of hydrogen-bond donors (Lipinski definition) is 1. The minimum absolute atomic E-state index is 0. The van der Waals surface area contributed by atoms with Crippen molar-refractivity contribution in [2.75, 3.05) is 13.6 Å². The minimum Gasteiger partial charge on any atom is -0.464 e. The highest BCUT2D eigenvalue weighted by molar-refractivity contribution is 5.85. The van der Waals surface area contributed by atoms with Crippen LogP contribution in [0.15, 0.2) is 16.5 Å². The Kier molecular flexibility index (Phi) is 5.69. The van der Waals surface area contributed by atoms with Gasteiger partial charge in [-0.3, -0.25) is 4.79 Å². The second-order valence-corrected chi connectivity index (χ2v) is 4.71. The second-order valence-electron chi connectivity index (χ2n) is 4.71. The maximum Gasteiger partial charge on any atom is 0.239 e. The summed E-state index contributed by atoms with van der Waals surface area (Å²) in [5, 5.41) is 3.27. The molecule has 0 bridgehead atoms. The fourth-order valence-electron chi connectivity index (χ4n) is 2.21. The number of hydrogen-bond acceptors (Lipinski definition) is 3. The van der Waals surface area contributed by atoms with Crippen molar-refractivity contribution in [2.24, 2.45) is 0 Å². The predicted octanol–water partition coefficient (Wildman–Crippen LogP) is 2.11. The number of likely N-dealkylation sites (N-methyl/N-ethyl adjacent to an activating group) is 1. The van der Waals surface area contributed by atoms with E-state index in [0.717, 1.165) is 30.9 Å². The van der Waals surface area contributed by atoms with Crippen LogP contribution in [0, 0.1) is 6.92 Å². The van der Waals surface area contributed by atoms with Crippen LogP contribution >= 0.6 is 12.4 Å². The van der Waals surface area contributed by atoms with Gasteiger partial charge in [0, 0.05) is 7.05 Å². The van der Waals surface area contributed by atoms with E-state index in [9.17, 15) is 4.79 Å². The van der Waals surface area contributed by atoms with Crippen LogP contribution in [0.2, 0.25) is 0 Å². The normalized spacial score (nSPS) is 19.1. The Labute approximate surface area is 114 Å². The van der Waals surface area contributed by atoms with Crippen LogP contribution in [-0.2, 0) is 11.3 Å². The molecule has 0 radical (unpaired) electrons. The maximum atomic E-state index is 12.1. The first-order chi connectivity index (χ1) is 8.16. The second kappa shape index (κ2) is 6.81. The molecule has 0 unspecified atom stereocenters. The van der Waals surface area contributed by atoms with Gasteiger partial charge in [0.2, 0.25) is 5.91 Å².